The predicted octanol–water partition coefficient (Wildman–Crippen LogP) is 4.84. The van der Waals surface area contributed by atoms with Crippen molar-refractivity contribution < 1.29 is 13.9 Å². The molecule has 1 N–H and O–H groups in total. The lowest BCUT2D eigenvalue weighted by atomic mass is 10.1. The lowest BCUT2D eigenvalue weighted by molar-refractivity contribution is -0.123. The summed E-state index contributed by atoms with van der Waals surface area (Å²) in [5.41, 5.74) is 2.71. The average molecular weight is 345 g/mol. The third-order valence-corrected chi connectivity index (χ3v) is 4.40. The topological polar surface area (TPSA) is 51.5 Å². The number of furan rings is 1. The number of ether oxygens (including phenoxy) is 1. The SMILES string of the molecule is C[C@@H](NC(=O)COc1ccc2oc3ccccc3c2c1)c1ccccc1. The second-order valence-electron chi connectivity index (χ2n) is 6.24. The fraction of sp³-hybridized carbons (Fsp3) is 0.136. The lowest BCUT2D eigenvalue weighted by Gasteiger charge is -2.14. The summed E-state index contributed by atoms with van der Waals surface area (Å²) in [4.78, 5) is 12.2. The maximum absolute atomic E-state index is 12.2. The molecule has 0 aliphatic heterocycles. The molecule has 0 unspecified atom stereocenters. The molecular formula is C22H19NO3. The number of rotatable bonds is 5. The molecule has 1 amide bonds. The Labute approximate surface area is 151 Å². The Balaban J connectivity index is 1.44. The molecule has 1 atom stereocenters. The normalized spacial score (nSPS) is 12.2. The van der Waals surface area contributed by atoms with Crippen molar-refractivity contribution >= 4 is 27.8 Å². The largest absolute Gasteiger partial charge is 0.484 e. The van der Waals surface area contributed by atoms with Gasteiger partial charge in [0.1, 0.15) is 16.9 Å². The van der Waals surface area contributed by atoms with Crippen LogP contribution in [0.3, 0.4) is 0 Å². The van der Waals surface area contributed by atoms with Crippen LogP contribution in [0.4, 0.5) is 0 Å². The first kappa shape index (κ1) is 16.2. The maximum Gasteiger partial charge on any atom is 0.258 e. The maximum atomic E-state index is 12.2. The van der Waals surface area contributed by atoms with E-state index in [2.05, 4.69) is 5.32 Å². The number of amides is 1. The molecule has 4 rings (SSSR count). The first-order valence-electron chi connectivity index (χ1n) is 8.59. The van der Waals surface area contributed by atoms with Crippen LogP contribution in [0.25, 0.3) is 21.9 Å². The van der Waals surface area contributed by atoms with Crippen LogP contribution in [0.2, 0.25) is 0 Å². The van der Waals surface area contributed by atoms with Crippen LogP contribution < -0.4 is 10.1 Å². The molecule has 0 radical (unpaired) electrons. The molecule has 1 heterocycles. The first-order valence-corrected chi connectivity index (χ1v) is 8.59. The van der Waals surface area contributed by atoms with E-state index in [1.807, 2.05) is 79.7 Å². The van der Waals surface area contributed by atoms with Crippen molar-refractivity contribution in [3.63, 3.8) is 0 Å². The zero-order chi connectivity index (χ0) is 17.9. The summed E-state index contributed by atoms with van der Waals surface area (Å²) < 4.78 is 11.5. The number of carbonyl (C=O) groups excluding carboxylic acids is 1. The minimum Gasteiger partial charge on any atom is -0.484 e. The molecule has 0 aliphatic rings. The van der Waals surface area contributed by atoms with Crippen LogP contribution >= 0.6 is 0 Å². The van der Waals surface area contributed by atoms with Gasteiger partial charge in [-0.3, -0.25) is 4.79 Å². The highest BCUT2D eigenvalue weighted by Gasteiger charge is 2.11. The standard InChI is InChI=1S/C22H19NO3/c1-15(16-7-3-2-4-8-16)23-22(24)14-25-17-11-12-21-19(13-17)18-9-5-6-10-20(18)26-21/h2-13,15H,14H2,1H3,(H,23,24)/t15-/m1/s1. The second kappa shape index (κ2) is 6.92. The van der Waals surface area contributed by atoms with Gasteiger partial charge in [0.05, 0.1) is 6.04 Å². The molecule has 4 aromatic rings. The van der Waals surface area contributed by atoms with E-state index in [-0.39, 0.29) is 18.6 Å². The van der Waals surface area contributed by atoms with Crippen LogP contribution in [0.15, 0.2) is 77.2 Å². The average Bonchev–Trinajstić information content (AvgIpc) is 3.05. The summed E-state index contributed by atoms with van der Waals surface area (Å²) in [6, 6.07) is 23.3. The quantitative estimate of drug-likeness (QED) is 0.563. The minimum absolute atomic E-state index is 0.0293. The molecule has 0 saturated heterocycles. The van der Waals surface area contributed by atoms with Crippen LogP contribution in [-0.2, 0) is 4.79 Å². The molecule has 0 aliphatic carbocycles. The fourth-order valence-corrected chi connectivity index (χ4v) is 3.05. The molecule has 0 fully saturated rings. The van der Waals surface area contributed by atoms with Gasteiger partial charge in [-0.1, -0.05) is 48.5 Å². The van der Waals surface area contributed by atoms with Crippen molar-refractivity contribution in [2.45, 2.75) is 13.0 Å². The van der Waals surface area contributed by atoms with E-state index < -0.39 is 0 Å². The number of carbonyl (C=O) groups is 1. The summed E-state index contributed by atoms with van der Waals surface area (Å²) in [5.74, 6) is 0.491. The third-order valence-electron chi connectivity index (χ3n) is 4.40. The molecule has 26 heavy (non-hydrogen) atoms. The Hall–Kier alpha value is -3.27. The Morgan fingerprint density at radius 3 is 2.54 bits per heavy atom. The minimum atomic E-state index is -0.154. The zero-order valence-electron chi connectivity index (χ0n) is 14.4. The molecule has 0 bridgehead atoms. The van der Waals surface area contributed by atoms with Crippen molar-refractivity contribution in [2.24, 2.45) is 0 Å². The summed E-state index contributed by atoms with van der Waals surface area (Å²) in [6.45, 7) is 1.93. The number of benzene rings is 3. The molecular weight excluding hydrogens is 326 g/mol. The van der Waals surface area contributed by atoms with Crippen molar-refractivity contribution in [1.29, 1.82) is 0 Å². The third kappa shape index (κ3) is 3.26. The zero-order valence-corrected chi connectivity index (χ0v) is 14.4. The van der Waals surface area contributed by atoms with Crippen molar-refractivity contribution in [2.75, 3.05) is 6.61 Å². The molecule has 1 aromatic heterocycles. The highest BCUT2D eigenvalue weighted by Crippen LogP contribution is 2.31. The Bertz CT molecular complexity index is 1050. The first-order chi connectivity index (χ1) is 12.7. The monoisotopic (exact) mass is 345 g/mol. The lowest BCUT2D eigenvalue weighted by Crippen LogP contribution is -2.31. The second-order valence-corrected chi connectivity index (χ2v) is 6.24. The number of hydrogen-bond donors (Lipinski definition) is 1. The van der Waals surface area contributed by atoms with Gasteiger partial charge in [0, 0.05) is 10.8 Å². The van der Waals surface area contributed by atoms with E-state index in [9.17, 15) is 4.79 Å². The van der Waals surface area contributed by atoms with Crippen LogP contribution in [0.1, 0.15) is 18.5 Å². The Kier molecular flexibility index (Phi) is 4.32. The van der Waals surface area contributed by atoms with Gasteiger partial charge in [-0.25, -0.2) is 0 Å². The molecule has 130 valence electrons. The van der Waals surface area contributed by atoms with Gasteiger partial charge in [0.15, 0.2) is 6.61 Å². The van der Waals surface area contributed by atoms with Crippen molar-refractivity contribution in [3.05, 3.63) is 78.4 Å². The van der Waals surface area contributed by atoms with E-state index in [0.29, 0.717) is 5.75 Å². The Morgan fingerprint density at radius 2 is 1.69 bits per heavy atom. The van der Waals surface area contributed by atoms with Gasteiger partial charge in [0.2, 0.25) is 0 Å². The number of para-hydroxylation sites is 1. The predicted molar refractivity (Wildman–Crippen MR) is 102 cm³/mol. The number of nitrogens with one attached hydrogen (secondary N) is 1. The fourth-order valence-electron chi connectivity index (χ4n) is 3.05. The van der Waals surface area contributed by atoms with Gasteiger partial charge in [0.25, 0.3) is 5.91 Å². The molecule has 0 spiro atoms. The van der Waals surface area contributed by atoms with E-state index in [1.165, 1.54) is 0 Å². The summed E-state index contributed by atoms with van der Waals surface area (Å²) in [6.07, 6.45) is 0. The molecule has 0 saturated carbocycles. The van der Waals surface area contributed by atoms with Gasteiger partial charge in [-0.05, 0) is 36.8 Å². The van der Waals surface area contributed by atoms with Crippen LogP contribution in [0.5, 0.6) is 5.75 Å². The summed E-state index contributed by atoms with van der Waals surface area (Å²) >= 11 is 0. The summed E-state index contributed by atoms with van der Waals surface area (Å²) in [5, 5.41) is 4.97. The Morgan fingerprint density at radius 1 is 0.962 bits per heavy atom. The van der Waals surface area contributed by atoms with E-state index in [0.717, 1.165) is 27.5 Å². The number of hydrogen-bond acceptors (Lipinski definition) is 3. The number of fused-ring (bicyclic) bond motifs is 3. The van der Waals surface area contributed by atoms with Crippen molar-refractivity contribution in [3.8, 4) is 5.75 Å². The molecule has 4 nitrogen and oxygen atoms in total. The highest BCUT2D eigenvalue weighted by atomic mass is 16.5. The van der Waals surface area contributed by atoms with E-state index in [4.69, 9.17) is 9.15 Å². The van der Waals surface area contributed by atoms with E-state index >= 15 is 0 Å². The van der Waals surface area contributed by atoms with Crippen LogP contribution in [0, 0.1) is 0 Å². The van der Waals surface area contributed by atoms with Crippen molar-refractivity contribution in [1.82, 2.24) is 5.32 Å². The van der Waals surface area contributed by atoms with Gasteiger partial charge < -0.3 is 14.5 Å². The summed E-state index contributed by atoms with van der Waals surface area (Å²) in [7, 11) is 0. The van der Waals surface area contributed by atoms with Gasteiger partial charge in [-0.2, -0.15) is 0 Å². The molecule has 4 heteroatoms. The smallest absolute Gasteiger partial charge is 0.258 e. The van der Waals surface area contributed by atoms with E-state index in [1.54, 1.807) is 0 Å². The van der Waals surface area contributed by atoms with Crippen LogP contribution in [-0.4, -0.2) is 12.5 Å². The highest BCUT2D eigenvalue weighted by molar-refractivity contribution is 6.05. The molecule has 3 aromatic carbocycles. The van der Waals surface area contributed by atoms with Gasteiger partial charge >= 0.3 is 0 Å². The van der Waals surface area contributed by atoms with Gasteiger partial charge in [-0.15, -0.1) is 0 Å².